The number of hydrogen-bond acceptors (Lipinski definition) is 4. The normalized spacial score (nSPS) is 15.9. The molecule has 2 aromatic rings. The minimum Gasteiger partial charge on any atom is -0.385 e. The van der Waals surface area contributed by atoms with Crippen molar-refractivity contribution in [3.05, 3.63) is 66.2 Å². The molecule has 0 radical (unpaired) electrons. The molecule has 4 N–H and O–H groups in total. The van der Waals surface area contributed by atoms with Crippen LogP contribution in [0.1, 0.15) is 19.4 Å². The van der Waals surface area contributed by atoms with E-state index in [0.717, 1.165) is 16.7 Å². The summed E-state index contributed by atoms with van der Waals surface area (Å²) < 4.78 is 13.1. The van der Waals surface area contributed by atoms with Gasteiger partial charge in [0.2, 0.25) is 0 Å². The Morgan fingerprint density at radius 1 is 1.07 bits per heavy atom. The lowest BCUT2D eigenvalue weighted by Crippen LogP contribution is -2.68. The summed E-state index contributed by atoms with van der Waals surface area (Å²) in [5, 5.41) is 21.9. The molecule has 0 aliphatic heterocycles. The number of rotatable bonds is 8. The van der Waals surface area contributed by atoms with Gasteiger partial charge in [-0.3, -0.25) is 15.3 Å². The number of hydroxylamine groups is 1. The standard InChI is InChI=1S/C21H25FN2O3/c1-20(26,15-22)21(2,19(25)24-27)23-14-6-7-16-10-12-18(13-11-16)17-8-4-3-5-9-17/h3-13,23,26-27H,14-15H2,1-2H3,(H,24,25)/b7-6+/t20-,21-/m1/s1. The zero-order valence-electron chi connectivity index (χ0n) is 15.4. The number of carbonyl (C=O) groups excluding carboxylic acids is 1. The topological polar surface area (TPSA) is 81.6 Å². The van der Waals surface area contributed by atoms with Crippen molar-refractivity contribution in [2.24, 2.45) is 0 Å². The Bertz CT molecular complexity index is 776. The van der Waals surface area contributed by atoms with Gasteiger partial charge in [-0.1, -0.05) is 66.7 Å². The predicted molar refractivity (Wildman–Crippen MR) is 104 cm³/mol. The number of alkyl halides is 1. The van der Waals surface area contributed by atoms with Gasteiger partial charge in [-0.05, 0) is 30.5 Å². The molecule has 0 bridgehead atoms. The molecule has 144 valence electrons. The first-order valence-corrected chi connectivity index (χ1v) is 8.64. The average molecular weight is 372 g/mol. The van der Waals surface area contributed by atoms with Crippen molar-refractivity contribution in [3.63, 3.8) is 0 Å². The fourth-order valence-corrected chi connectivity index (χ4v) is 2.64. The predicted octanol–water partition coefficient (Wildman–Crippen LogP) is 2.94. The molecule has 0 saturated heterocycles. The van der Waals surface area contributed by atoms with E-state index in [4.69, 9.17) is 5.21 Å². The van der Waals surface area contributed by atoms with Crippen molar-refractivity contribution in [1.82, 2.24) is 10.8 Å². The molecule has 0 unspecified atom stereocenters. The van der Waals surface area contributed by atoms with Gasteiger partial charge < -0.3 is 5.11 Å². The summed E-state index contributed by atoms with van der Waals surface area (Å²) in [6, 6.07) is 18.0. The van der Waals surface area contributed by atoms with Gasteiger partial charge in [0.25, 0.3) is 5.91 Å². The van der Waals surface area contributed by atoms with E-state index < -0.39 is 23.7 Å². The van der Waals surface area contributed by atoms with Crippen LogP contribution >= 0.6 is 0 Å². The van der Waals surface area contributed by atoms with E-state index in [1.54, 1.807) is 6.08 Å². The Morgan fingerprint density at radius 2 is 1.67 bits per heavy atom. The zero-order valence-corrected chi connectivity index (χ0v) is 15.4. The van der Waals surface area contributed by atoms with Crippen LogP contribution in [0.3, 0.4) is 0 Å². The molecule has 0 saturated carbocycles. The summed E-state index contributed by atoms with van der Waals surface area (Å²) in [5.74, 6) is -0.911. The second-order valence-corrected chi connectivity index (χ2v) is 6.74. The molecule has 5 nitrogen and oxygen atoms in total. The van der Waals surface area contributed by atoms with Gasteiger partial charge in [-0.15, -0.1) is 0 Å². The van der Waals surface area contributed by atoms with Crippen LogP contribution in [-0.2, 0) is 4.79 Å². The third-order valence-electron chi connectivity index (χ3n) is 4.79. The maximum absolute atomic E-state index is 13.1. The highest BCUT2D eigenvalue weighted by atomic mass is 19.1. The van der Waals surface area contributed by atoms with Crippen LogP contribution in [0, 0.1) is 0 Å². The lowest BCUT2D eigenvalue weighted by molar-refractivity contribution is -0.148. The first-order valence-electron chi connectivity index (χ1n) is 8.64. The third kappa shape index (κ3) is 4.80. The van der Waals surface area contributed by atoms with Gasteiger partial charge in [-0.25, -0.2) is 9.87 Å². The summed E-state index contributed by atoms with van der Waals surface area (Å²) in [4.78, 5) is 11.9. The lowest BCUT2D eigenvalue weighted by atomic mass is 9.82. The SMILES string of the molecule is C[C@@](O)(CF)[C@](C)(NC/C=C/c1ccc(-c2ccccc2)cc1)C(=O)NO. The van der Waals surface area contributed by atoms with E-state index in [2.05, 4.69) is 5.32 Å². The quantitative estimate of drug-likeness (QED) is 0.424. The number of aliphatic hydroxyl groups is 1. The lowest BCUT2D eigenvalue weighted by Gasteiger charge is -2.39. The van der Waals surface area contributed by atoms with Crippen LogP contribution in [0.5, 0.6) is 0 Å². The number of nitrogens with one attached hydrogen (secondary N) is 2. The Labute approximate surface area is 158 Å². The summed E-state index contributed by atoms with van der Waals surface area (Å²) in [6.45, 7) is 1.58. The van der Waals surface area contributed by atoms with Crippen LogP contribution < -0.4 is 10.8 Å². The minimum absolute atomic E-state index is 0.195. The van der Waals surface area contributed by atoms with Crippen LogP contribution in [0.4, 0.5) is 4.39 Å². The highest BCUT2D eigenvalue weighted by molar-refractivity contribution is 5.86. The van der Waals surface area contributed by atoms with Crippen LogP contribution in [0.25, 0.3) is 17.2 Å². The largest absolute Gasteiger partial charge is 0.385 e. The first kappa shape index (κ1) is 20.8. The van der Waals surface area contributed by atoms with Gasteiger partial charge in [0.05, 0.1) is 0 Å². The van der Waals surface area contributed by atoms with E-state index in [-0.39, 0.29) is 6.54 Å². The van der Waals surface area contributed by atoms with E-state index in [1.165, 1.54) is 19.3 Å². The van der Waals surface area contributed by atoms with Gasteiger partial charge in [-0.2, -0.15) is 0 Å². The number of halogens is 1. The minimum atomic E-state index is -1.98. The number of carbonyl (C=O) groups is 1. The van der Waals surface area contributed by atoms with Gasteiger partial charge in [0, 0.05) is 6.54 Å². The van der Waals surface area contributed by atoms with E-state index in [1.807, 2.05) is 60.7 Å². The second-order valence-electron chi connectivity index (χ2n) is 6.74. The maximum Gasteiger partial charge on any atom is 0.266 e. The van der Waals surface area contributed by atoms with Crippen molar-refractivity contribution in [1.29, 1.82) is 0 Å². The molecule has 0 aliphatic rings. The summed E-state index contributed by atoms with van der Waals surface area (Å²) >= 11 is 0. The molecule has 0 aliphatic carbocycles. The monoisotopic (exact) mass is 372 g/mol. The van der Waals surface area contributed by atoms with Gasteiger partial charge >= 0.3 is 0 Å². The van der Waals surface area contributed by atoms with Crippen molar-refractivity contribution < 1.29 is 19.5 Å². The highest BCUT2D eigenvalue weighted by Crippen LogP contribution is 2.23. The Balaban J connectivity index is 2.03. The Kier molecular flexibility index (Phi) is 6.85. The molecule has 0 heterocycles. The average Bonchev–Trinajstić information content (AvgIpc) is 2.71. The molecular formula is C21H25FN2O3. The van der Waals surface area contributed by atoms with Crippen LogP contribution in [0.15, 0.2) is 60.7 Å². The summed E-state index contributed by atoms with van der Waals surface area (Å²) in [7, 11) is 0. The zero-order chi connectivity index (χ0) is 19.9. The molecule has 1 amide bonds. The molecular weight excluding hydrogens is 347 g/mol. The van der Waals surface area contributed by atoms with E-state index in [9.17, 15) is 14.3 Å². The van der Waals surface area contributed by atoms with Crippen molar-refractivity contribution >= 4 is 12.0 Å². The van der Waals surface area contributed by atoms with Gasteiger partial charge in [0.1, 0.15) is 17.8 Å². The first-order chi connectivity index (χ1) is 12.8. The van der Waals surface area contributed by atoms with Crippen LogP contribution in [0.2, 0.25) is 0 Å². The van der Waals surface area contributed by atoms with Gasteiger partial charge in [0.15, 0.2) is 0 Å². The van der Waals surface area contributed by atoms with E-state index >= 15 is 0 Å². The number of hydrogen-bond donors (Lipinski definition) is 4. The van der Waals surface area contributed by atoms with Crippen LogP contribution in [-0.4, -0.2) is 40.6 Å². The fourth-order valence-electron chi connectivity index (χ4n) is 2.64. The molecule has 0 spiro atoms. The highest BCUT2D eigenvalue weighted by Gasteiger charge is 2.49. The van der Waals surface area contributed by atoms with E-state index in [0.29, 0.717) is 0 Å². The molecule has 0 fully saturated rings. The maximum atomic E-state index is 13.1. The number of amides is 1. The smallest absolute Gasteiger partial charge is 0.266 e. The molecule has 2 aromatic carbocycles. The number of benzene rings is 2. The second kappa shape index (κ2) is 8.90. The van der Waals surface area contributed by atoms with Crippen molar-refractivity contribution in [2.75, 3.05) is 13.2 Å². The molecule has 6 heteroatoms. The molecule has 0 aromatic heterocycles. The summed E-state index contributed by atoms with van der Waals surface area (Å²) in [6.07, 6.45) is 3.61. The Hall–Kier alpha value is -2.54. The molecule has 27 heavy (non-hydrogen) atoms. The summed E-state index contributed by atoms with van der Waals surface area (Å²) in [5.41, 5.74) is 0.998. The van der Waals surface area contributed by atoms with Crippen molar-refractivity contribution in [2.45, 2.75) is 25.0 Å². The molecule has 2 rings (SSSR count). The Morgan fingerprint density at radius 3 is 2.22 bits per heavy atom. The van der Waals surface area contributed by atoms with Crippen molar-refractivity contribution in [3.8, 4) is 11.1 Å². The molecule has 2 atom stereocenters. The third-order valence-corrected chi connectivity index (χ3v) is 4.79. The fraction of sp³-hybridized carbons (Fsp3) is 0.286.